The first-order valence-corrected chi connectivity index (χ1v) is 9.54. The lowest BCUT2D eigenvalue weighted by Gasteiger charge is -2.30. The molecule has 0 aliphatic heterocycles. The first kappa shape index (κ1) is 16.6. The van der Waals surface area contributed by atoms with Gasteiger partial charge in [0, 0.05) is 23.3 Å². The number of carbonyl (C=O) groups is 1. The van der Waals surface area contributed by atoms with Crippen molar-refractivity contribution in [2.75, 3.05) is 0 Å². The Balaban J connectivity index is 1.25. The lowest BCUT2D eigenvalue weighted by atomic mass is 9.90. The second-order valence-corrected chi connectivity index (χ2v) is 7.92. The predicted octanol–water partition coefficient (Wildman–Crippen LogP) is 3.11. The Bertz CT molecular complexity index is 659. The van der Waals surface area contributed by atoms with Crippen LogP contribution in [0.4, 0.5) is 0 Å². The summed E-state index contributed by atoms with van der Waals surface area (Å²) in [7, 11) is 0. The maximum Gasteiger partial charge on any atom is 0.317 e. The van der Waals surface area contributed by atoms with Gasteiger partial charge in [0.1, 0.15) is 6.10 Å². The monoisotopic (exact) mass is 341 g/mol. The molecule has 1 amide bonds. The number of hydrogen-bond donors (Lipinski definition) is 1. The van der Waals surface area contributed by atoms with Crippen molar-refractivity contribution in [2.24, 2.45) is 17.8 Å². The lowest BCUT2D eigenvalue weighted by molar-refractivity contribution is -0.126. The Morgan fingerprint density at radius 1 is 1.08 bits per heavy atom. The van der Waals surface area contributed by atoms with Crippen molar-refractivity contribution in [3.05, 3.63) is 29.6 Å². The maximum absolute atomic E-state index is 12.6. The highest BCUT2D eigenvalue weighted by Crippen LogP contribution is 2.43. The van der Waals surface area contributed by atoms with Crippen molar-refractivity contribution in [1.29, 1.82) is 0 Å². The molecule has 4 rings (SSSR count). The van der Waals surface area contributed by atoms with Crippen LogP contribution in [0.2, 0.25) is 0 Å². The first-order chi connectivity index (χ1) is 12.1. The molecule has 25 heavy (non-hydrogen) atoms. The highest BCUT2D eigenvalue weighted by atomic mass is 16.5. The predicted molar refractivity (Wildman–Crippen MR) is 95.2 cm³/mol. The van der Waals surface area contributed by atoms with E-state index in [1.807, 2.05) is 19.9 Å². The summed E-state index contributed by atoms with van der Waals surface area (Å²) in [4.78, 5) is 21.3. The van der Waals surface area contributed by atoms with Crippen molar-refractivity contribution in [3.63, 3.8) is 0 Å². The smallest absolute Gasteiger partial charge is 0.317 e. The summed E-state index contributed by atoms with van der Waals surface area (Å²) < 4.78 is 5.97. The van der Waals surface area contributed by atoms with E-state index in [0.29, 0.717) is 17.8 Å². The Morgan fingerprint density at radius 3 is 2.40 bits per heavy atom. The van der Waals surface area contributed by atoms with Crippen LogP contribution < -0.4 is 10.1 Å². The number of nitrogens with zero attached hydrogens (tertiary/aromatic N) is 2. The Kier molecular flexibility index (Phi) is 4.48. The fourth-order valence-electron chi connectivity index (χ4n) is 4.61. The summed E-state index contributed by atoms with van der Waals surface area (Å²) in [6.45, 7) is 3.91. The number of rotatable bonds is 4. The zero-order valence-electron chi connectivity index (χ0n) is 15.1. The number of aryl methyl sites for hydroxylation is 2. The summed E-state index contributed by atoms with van der Waals surface area (Å²) in [5, 5.41) is 3.29. The van der Waals surface area contributed by atoms with Gasteiger partial charge in [-0.3, -0.25) is 4.79 Å². The maximum atomic E-state index is 12.6. The number of amides is 1. The van der Waals surface area contributed by atoms with Gasteiger partial charge in [-0.2, -0.15) is 0 Å². The molecule has 3 atom stereocenters. The van der Waals surface area contributed by atoms with E-state index in [4.69, 9.17) is 4.74 Å². The van der Waals surface area contributed by atoms with E-state index in [2.05, 4.69) is 27.4 Å². The molecule has 2 fully saturated rings. The molecule has 2 bridgehead atoms. The van der Waals surface area contributed by atoms with Crippen LogP contribution in [-0.2, 0) is 4.79 Å². The number of fused-ring (bicyclic) bond motifs is 2. The van der Waals surface area contributed by atoms with E-state index in [-0.39, 0.29) is 24.0 Å². The number of allylic oxidation sites excluding steroid dienone is 2. The molecule has 5 heteroatoms. The van der Waals surface area contributed by atoms with E-state index < -0.39 is 0 Å². The van der Waals surface area contributed by atoms with Gasteiger partial charge >= 0.3 is 6.01 Å². The quantitative estimate of drug-likeness (QED) is 0.855. The lowest BCUT2D eigenvalue weighted by Crippen LogP contribution is -2.43. The zero-order chi connectivity index (χ0) is 17.4. The molecule has 1 aromatic heterocycles. The Labute approximate surface area is 149 Å². The highest BCUT2D eigenvalue weighted by Gasteiger charge is 2.40. The van der Waals surface area contributed by atoms with Crippen LogP contribution in [0.5, 0.6) is 6.01 Å². The molecule has 3 aliphatic rings. The van der Waals surface area contributed by atoms with Crippen LogP contribution in [0.1, 0.15) is 49.9 Å². The van der Waals surface area contributed by atoms with Crippen LogP contribution in [0.15, 0.2) is 18.2 Å². The van der Waals surface area contributed by atoms with Gasteiger partial charge in [0.15, 0.2) is 0 Å². The van der Waals surface area contributed by atoms with E-state index >= 15 is 0 Å². The molecule has 2 saturated carbocycles. The molecule has 134 valence electrons. The van der Waals surface area contributed by atoms with Crippen LogP contribution in [-0.4, -0.2) is 28.0 Å². The van der Waals surface area contributed by atoms with Crippen LogP contribution in [0, 0.1) is 31.6 Å². The molecule has 3 aliphatic carbocycles. The molecule has 5 nitrogen and oxygen atoms in total. The summed E-state index contributed by atoms with van der Waals surface area (Å²) in [5.74, 6) is 1.58. The molecule has 0 aromatic carbocycles. The first-order valence-electron chi connectivity index (χ1n) is 9.54. The molecule has 0 radical (unpaired) electrons. The van der Waals surface area contributed by atoms with E-state index in [9.17, 15) is 4.79 Å². The standard InChI is InChI=1S/C20H27N3O2/c1-12-9-13(2)22-20(21-12)25-17-7-5-16(6-8-17)23-19(24)18-11-14-3-4-15(18)10-14/h3-4,9,14-18H,5-8,10-11H2,1-2H3,(H,23,24). The van der Waals surface area contributed by atoms with Gasteiger partial charge in [0.25, 0.3) is 0 Å². The second-order valence-electron chi connectivity index (χ2n) is 7.92. The molecule has 3 unspecified atom stereocenters. The Morgan fingerprint density at radius 2 is 1.80 bits per heavy atom. The van der Waals surface area contributed by atoms with Crippen molar-refractivity contribution in [1.82, 2.24) is 15.3 Å². The average molecular weight is 341 g/mol. The molecule has 1 heterocycles. The number of nitrogens with one attached hydrogen (secondary N) is 1. The van der Waals surface area contributed by atoms with Gasteiger partial charge in [-0.1, -0.05) is 12.2 Å². The van der Waals surface area contributed by atoms with Crippen molar-refractivity contribution >= 4 is 5.91 Å². The van der Waals surface area contributed by atoms with E-state index in [1.54, 1.807) is 0 Å². The Hall–Kier alpha value is -1.91. The van der Waals surface area contributed by atoms with Gasteiger partial charge in [-0.05, 0) is 70.3 Å². The fourth-order valence-corrected chi connectivity index (χ4v) is 4.61. The number of aromatic nitrogens is 2. The number of hydrogen-bond acceptors (Lipinski definition) is 4. The number of carbonyl (C=O) groups excluding carboxylic acids is 1. The van der Waals surface area contributed by atoms with E-state index in [0.717, 1.165) is 43.5 Å². The molecule has 1 aromatic rings. The second kappa shape index (κ2) is 6.77. The third-order valence-electron chi connectivity index (χ3n) is 5.87. The third kappa shape index (κ3) is 3.70. The normalized spacial score (nSPS) is 33.4. The van der Waals surface area contributed by atoms with Gasteiger partial charge in [0.2, 0.25) is 5.91 Å². The summed E-state index contributed by atoms with van der Waals surface area (Å²) in [6, 6.07) is 2.72. The van der Waals surface area contributed by atoms with E-state index in [1.165, 1.54) is 6.42 Å². The molecule has 1 N–H and O–H groups in total. The molecular weight excluding hydrogens is 314 g/mol. The van der Waals surface area contributed by atoms with Crippen molar-refractivity contribution in [3.8, 4) is 6.01 Å². The SMILES string of the molecule is Cc1cc(C)nc(OC2CCC(NC(=O)C3CC4C=CC3C4)CC2)n1. The van der Waals surface area contributed by atoms with Gasteiger partial charge in [0.05, 0.1) is 0 Å². The van der Waals surface area contributed by atoms with Crippen molar-refractivity contribution in [2.45, 2.75) is 64.5 Å². The van der Waals surface area contributed by atoms with Gasteiger partial charge < -0.3 is 10.1 Å². The minimum absolute atomic E-state index is 0.153. The average Bonchev–Trinajstić information content (AvgIpc) is 3.19. The van der Waals surface area contributed by atoms with Gasteiger partial charge in [-0.25, -0.2) is 9.97 Å². The van der Waals surface area contributed by atoms with Gasteiger partial charge in [-0.15, -0.1) is 0 Å². The molecular formula is C20H27N3O2. The fraction of sp³-hybridized carbons (Fsp3) is 0.650. The minimum Gasteiger partial charge on any atom is -0.460 e. The summed E-state index contributed by atoms with van der Waals surface area (Å²) in [6.07, 6.45) is 10.7. The zero-order valence-corrected chi connectivity index (χ0v) is 15.1. The molecule has 0 spiro atoms. The minimum atomic E-state index is 0.153. The van der Waals surface area contributed by atoms with Crippen molar-refractivity contribution < 1.29 is 9.53 Å². The molecule has 0 saturated heterocycles. The topological polar surface area (TPSA) is 64.1 Å². The largest absolute Gasteiger partial charge is 0.460 e. The highest BCUT2D eigenvalue weighted by molar-refractivity contribution is 5.80. The van der Waals surface area contributed by atoms with Crippen LogP contribution in [0.3, 0.4) is 0 Å². The number of ether oxygens (including phenoxy) is 1. The van der Waals surface area contributed by atoms with Crippen LogP contribution in [0.25, 0.3) is 0 Å². The van der Waals surface area contributed by atoms with Crippen LogP contribution >= 0.6 is 0 Å². The third-order valence-corrected chi connectivity index (χ3v) is 5.87. The summed E-state index contributed by atoms with van der Waals surface area (Å²) >= 11 is 0. The summed E-state index contributed by atoms with van der Waals surface area (Å²) in [5.41, 5.74) is 1.87.